The summed E-state index contributed by atoms with van der Waals surface area (Å²) >= 11 is 1.26. The molecule has 1 aromatic heterocycles. The van der Waals surface area contributed by atoms with E-state index in [2.05, 4.69) is 0 Å². The highest BCUT2D eigenvalue weighted by molar-refractivity contribution is 7.07. The number of hydrogen-bond acceptors (Lipinski definition) is 8. The predicted molar refractivity (Wildman–Crippen MR) is 147 cm³/mol. The number of benzene rings is 3. The third-order valence-corrected chi connectivity index (χ3v) is 7.48. The zero-order valence-corrected chi connectivity index (χ0v) is 22.1. The summed E-state index contributed by atoms with van der Waals surface area (Å²) in [7, 11) is 1.56. The predicted octanol–water partition coefficient (Wildman–Crippen LogP) is 3.67. The summed E-state index contributed by atoms with van der Waals surface area (Å²) in [5, 5.41) is 0. The second-order valence-electron chi connectivity index (χ2n) is 8.79. The number of rotatable bonds is 6. The third-order valence-electron chi connectivity index (χ3n) is 6.50. The molecule has 0 saturated carbocycles. The molecule has 4 aromatic rings. The Bertz CT molecular complexity index is 1790. The fourth-order valence-corrected chi connectivity index (χ4v) is 5.78. The van der Waals surface area contributed by atoms with Crippen LogP contribution in [0.15, 0.2) is 88.2 Å². The van der Waals surface area contributed by atoms with Crippen molar-refractivity contribution in [1.82, 2.24) is 4.57 Å². The molecule has 6 rings (SSSR count). The number of hydrogen-bond donors (Lipinski definition) is 0. The zero-order valence-electron chi connectivity index (χ0n) is 21.2. The quantitative estimate of drug-likeness (QED) is 0.347. The number of nitrogens with zero attached hydrogens (tertiary/aromatic N) is 2. The maximum absolute atomic E-state index is 14.0. The van der Waals surface area contributed by atoms with E-state index in [0.717, 1.165) is 11.1 Å². The van der Waals surface area contributed by atoms with Crippen molar-refractivity contribution in [3.8, 4) is 17.2 Å². The van der Waals surface area contributed by atoms with Gasteiger partial charge in [0.25, 0.3) is 5.56 Å². The number of fused-ring (bicyclic) bond motifs is 2. The third kappa shape index (κ3) is 4.40. The lowest BCUT2D eigenvalue weighted by atomic mass is 9.92. The van der Waals surface area contributed by atoms with Crippen LogP contribution in [0, 0.1) is 0 Å². The molecule has 9 heteroatoms. The first-order chi connectivity index (χ1) is 19.1. The monoisotopic (exact) mass is 540 g/mol. The van der Waals surface area contributed by atoms with Crippen molar-refractivity contribution < 1.29 is 23.7 Å². The Morgan fingerprint density at radius 3 is 2.64 bits per heavy atom. The molecule has 8 nitrogen and oxygen atoms in total. The Morgan fingerprint density at radius 2 is 1.85 bits per heavy atom. The van der Waals surface area contributed by atoms with Gasteiger partial charge in [0.1, 0.15) is 11.8 Å². The first kappa shape index (κ1) is 24.7. The van der Waals surface area contributed by atoms with Gasteiger partial charge in [-0.05, 0) is 36.8 Å². The summed E-state index contributed by atoms with van der Waals surface area (Å²) in [5.74, 6) is 1.29. The second kappa shape index (κ2) is 10.3. The lowest BCUT2D eigenvalue weighted by Gasteiger charge is -2.27. The average molecular weight is 541 g/mol. The van der Waals surface area contributed by atoms with E-state index in [-0.39, 0.29) is 24.5 Å². The van der Waals surface area contributed by atoms with Gasteiger partial charge in [-0.1, -0.05) is 65.9 Å². The first-order valence-corrected chi connectivity index (χ1v) is 13.2. The minimum absolute atomic E-state index is 0.165. The summed E-state index contributed by atoms with van der Waals surface area (Å²) in [6.07, 6.45) is 1.79. The van der Waals surface area contributed by atoms with E-state index in [4.69, 9.17) is 23.9 Å². The molecule has 0 aliphatic carbocycles. The van der Waals surface area contributed by atoms with Crippen molar-refractivity contribution >= 4 is 29.1 Å². The molecule has 39 heavy (non-hydrogen) atoms. The number of esters is 1. The van der Waals surface area contributed by atoms with Gasteiger partial charge >= 0.3 is 5.97 Å². The smallest absolute Gasteiger partial charge is 0.338 e. The van der Waals surface area contributed by atoms with E-state index in [1.54, 1.807) is 24.7 Å². The van der Waals surface area contributed by atoms with Gasteiger partial charge in [-0.25, -0.2) is 9.79 Å². The largest absolute Gasteiger partial charge is 0.496 e. The summed E-state index contributed by atoms with van der Waals surface area (Å²) < 4.78 is 24.1. The van der Waals surface area contributed by atoms with Crippen molar-refractivity contribution in [2.75, 3.05) is 20.5 Å². The SMILES string of the molecule is CCOC(=O)C1=C(c2ccccc2)N=c2sc(=Cc3ccc4c(c3)OCO4)c(=O)n2[C@H]1c1ccccc1OC. The van der Waals surface area contributed by atoms with Crippen molar-refractivity contribution in [2.45, 2.75) is 13.0 Å². The molecule has 3 aromatic carbocycles. The fraction of sp³-hybridized carbons (Fsp3) is 0.167. The van der Waals surface area contributed by atoms with Gasteiger partial charge in [0.15, 0.2) is 16.3 Å². The summed E-state index contributed by atoms with van der Waals surface area (Å²) in [6, 6.07) is 21.5. The van der Waals surface area contributed by atoms with Gasteiger partial charge in [-0.2, -0.15) is 0 Å². The fourth-order valence-electron chi connectivity index (χ4n) is 4.78. The van der Waals surface area contributed by atoms with Crippen LogP contribution in [-0.2, 0) is 9.53 Å². The number of ether oxygens (including phenoxy) is 4. The van der Waals surface area contributed by atoms with E-state index < -0.39 is 12.0 Å². The van der Waals surface area contributed by atoms with E-state index >= 15 is 0 Å². The van der Waals surface area contributed by atoms with Crippen molar-refractivity contribution in [3.05, 3.63) is 115 Å². The van der Waals surface area contributed by atoms with Crippen LogP contribution in [0.2, 0.25) is 0 Å². The van der Waals surface area contributed by atoms with Crippen LogP contribution < -0.4 is 29.1 Å². The molecule has 2 aliphatic heterocycles. The number of aromatic nitrogens is 1. The van der Waals surface area contributed by atoms with Gasteiger partial charge in [-0.3, -0.25) is 9.36 Å². The zero-order chi connectivity index (χ0) is 26.9. The Kier molecular flexibility index (Phi) is 6.50. The molecule has 0 unspecified atom stereocenters. The van der Waals surface area contributed by atoms with Gasteiger partial charge in [0, 0.05) is 11.1 Å². The van der Waals surface area contributed by atoms with E-state index in [1.807, 2.05) is 72.8 Å². The topological polar surface area (TPSA) is 88.4 Å². The number of methoxy groups -OCH3 is 1. The number of thiazole rings is 1. The Hall–Kier alpha value is -4.63. The molecular weight excluding hydrogens is 516 g/mol. The molecule has 0 bridgehead atoms. The lowest BCUT2D eigenvalue weighted by molar-refractivity contribution is -0.138. The van der Waals surface area contributed by atoms with Crippen LogP contribution in [-0.4, -0.2) is 31.0 Å². The lowest BCUT2D eigenvalue weighted by Crippen LogP contribution is -2.40. The summed E-state index contributed by atoms with van der Waals surface area (Å²) in [4.78, 5) is 32.9. The van der Waals surface area contributed by atoms with Crippen molar-refractivity contribution in [1.29, 1.82) is 0 Å². The Morgan fingerprint density at radius 1 is 1.08 bits per heavy atom. The highest BCUT2D eigenvalue weighted by atomic mass is 32.1. The van der Waals surface area contributed by atoms with Crippen LogP contribution in [0.25, 0.3) is 11.8 Å². The number of carbonyl (C=O) groups is 1. The molecule has 2 aliphatic rings. The summed E-state index contributed by atoms with van der Waals surface area (Å²) in [6.45, 7) is 2.09. The minimum atomic E-state index is -0.814. The van der Waals surface area contributed by atoms with Gasteiger partial charge in [0.2, 0.25) is 6.79 Å². The van der Waals surface area contributed by atoms with Crippen molar-refractivity contribution in [2.24, 2.45) is 4.99 Å². The molecule has 0 radical (unpaired) electrons. The highest BCUT2D eigenvalue weighted by Crippen LogP contribution is 2.38. The maximum atomic E-state index is 14.0. The molecular formula is C30H24N2O6S. The first-order valence-electron chi connectivity index (χ1n) is 12.4. The highest BCUT2D eigenvalue weighted by Gasteiger charge is 2.36. The van der Waals surface area contributed by atoms with E-state index in [0.29, 0.717) is 37.8 Å². The molecule has 0 N–H and O–H groups in total. The molecule has 196 valence electrons. The average Bonchev–Trinajstić information content (AvgIpc) is 3.56. The number of para-hydroxylation sites is 1. The number of carbonyl (C=O) groups excluding carboxylic acids is 1. The molecule has 3 heterocycles. The molecule has 1 atom stereocenters. The van der Waals surface area contributed by atoms with Crippen LogP contribution in [0.1, 0.15) is 29.7 Å². The van der Waals surface area contributed by atoms with Crippen LogP contribution in [0.3, 0.4) is 0 Å². The van der Waals surface area contributed by atoms with Crippen LogP contribution in [0.4, 0.5) is 0 Å². The van der Waals surface area contributed by atoms with E-state index in [9.17, 15) is 9.59 Å². The minimum Gasteiger partial charge on any atom is -0.496 e. The molecule has 0 spiro atoms. The Balaban J connectivity index is 1.64. The summed E-state index contributed by atoms with van der Waals surface area (Å²) in [5.41, 5.74) is 2.64. The molecule has 0 fully saturated rings. The van der Waals surface area contributed by atoms with Crippen LogP contribution >= 0.6 is 11.3 Å². The molecule has 0 amide bonds. The maximum Gasteiger partial charge on any atom is 0.338 e. The molecule has 0 saturated heterocycles. The standard InChI is InChI=1S/C30H24N2O6S/c1-3-36-29(34)25-26(19-9-5-4-6-10-19)31-30-32(27(25)20-11-7-8-12-21(20)35-2)28(33)24(39-30)16-18-13-14-22-23(15-18)38-17-37-22/h4-16,27H,3,17H2,1-2H3/t27-/m0/s1. The normalized spacial score (nSPS) is 16.1. The Labute approximate surface area is 227 Å². The van der Waals surface area contributed by atoms with Crippen LogP contribution in [0.5, 0.6) is 17.2 Å². The van der Waals surface area contributed by atoms with E-state index in [1.165, 1.54) is 11.3 Å². The van der Waals surface area contributed by atoms with Gasteiger partial charge in [-0.15, -0.1) is 0 Å². The van der Waals surface area contributed by atoms with Gasteiger partial charge in [0.05, 0.1) is 29.5 Å². The van der Waals surface area contributed by atoms with Crippen molar-refractivity contribution in [3.63, 3.8) is 0 Å². The second-order valence-corrected chi connectivity index (χ2v) is 9.80. The van der Waals surface area contributed by atoms with Gasteiger partial charge < -0.3 is 18.9 Å².